The summed E-state index contributed by atoms with van der Waals surface area (Å²) in [6.07, 6.45) is 5.04. The van der Waals surface area contributed by atoms with Crippen molar-refractivity contribution in [2.24, 2.45) is 5.73 Å². The van der Waals surface area contributed by atoms with Crippen molar-refractivity contribution in [1.29, 1.82) is 0 Å². The second kappa shape index (κ2) is 6.17. The zero-order chi connectivity index (χ0) is 15.3. The fourth-order valence-corrected chi connectivity index (χ4v) is 3.98. The summed E-state index contributed by atoms with van der Waals surface area (Å²) in [5.41, 5.74) is 11.1. The summed E-state index contributed by atoms with van der Waals surface area (Å²) in [4.78, 5) is 14.7. The Hall–Kier alpha value is -1.52. The lowest BCUT2D eigenvalue weighted by atomic mass is 9.90. The van der Waals surface area contributed by atoms with Crippen molar-refractivity contribution in [3.8, 4) is 0 Å². The van der Waals surface area contributed by atoms with Gasteiger partial charge in [0.1, 0.15) is 5.58 Å². The molecule has 2 aliphatic heterocycles. The zero-order valence-corrected chi connectivity index (χ0v) is 14.2. The number of nitrogens with two attached hydrogens (primary N) is 1. The van der Waals surface area contributed by atoms with E-state index in [9.17, 15) is 4.79 Å². The zero-order valence-electron chi connectivity index (χ0n) is 13.4. The van der Waals surface area contributed by atoms with Gasteiger partial charge in [-0.2, -0.15) is 0 Å². The van der Waals surface area contributed by atoms with E-state index in [1.165, 1.54) is 23.2 Å². The number of fused-ring (bicyclic) bond motifs is 2. The summed E-state index contributed by atoms with van der Waals surface area (Å²) >= 11 is 0. The van der Waals surface area contributed by atoms with Crippen molar-refractivity contribution < 1.29 is 4.42 Å². The molecular formula is C18H23ClN2O2. The van der Waals surface area contributed by atoms with Crippen molar-refractivity contribution >= 4 is 29.1 Å². The molecule has 0 amide bonds. The van der Waals surface area contributed by atoms with Crippen LogP contribution in [-0.2, 0) is 19.3 Å². The maximum absolute atomic E-state index is 12.3. The lowest BCUT2D eigenvalue weighted by Gasteiger charge is -2.37. The summed E-state index contributed by atoms with van der Waals surface area (Å²) in [7, 11) is 0. The predicted molar refractivity (Wildman–Crippen MR) is 95.9 cm³/mol. The van der Waals surface area contributed by atoms with Crippen LogP contribution in [-0.4, -0.2) is 19.1 Å². The second-order valence-electron chi connectivity index (χ2n) is 6.72. The van der Waals surface area contributed by atoms with Crippen LogP contribution in [0, 0.1) is 0 Å². The van der Waals surface area contributed by atoms with Crippen LogP contribution in [0.3, 0.4) is 0 Å². The van der Waals surface area contributed by atoms with Gasteiger partial charge in [-0.15, -0.1) is 12.4 Å². The third-order valence-electron chi connectivity index (χ3n) is 4.83. The summed E-state index contributed by atoms with van der Waals surface area (Å²) in [5, 5.41) is 1.06. The summed E-state index contributed by atoms with van der Waals surface area (Å²) in [6.45, 7) is 4.16. The van der Waals surface area contributed by atoms with Crippen LogP contribution in [0.5, 0.6) is 0 Å². The summed E-state index contributed by atoms with van der Waals surface area (Å²) in [6, 6.07) is 4.18. The fraction of sp³-hybridized carbons (Fsp3) is 0.500. The molecule has 0 bridgehead atoms. The summed E-state index contributed by atoms with van der Waals surface area (Å²) < 4.78 is 5.73. The molecule has 1 aromatic heterocycles. The Morgan fingerprint density at radius 2 is 2.00 bits per heavy atom. The molecule has 0 aliphatic carbocycles. The number of nitrogens with zero attached hydrogens (tertiary/aromatic N) is 1. The molecule has 4 rings (SSSR count). The van der Waals surface area contributed by atoms with Crippen molar-refractivity contribution in [2.75, 3.05) is 18.0 Å². The maximum Gasteiger partial charge on any atom is 0.339 e. The molecule has 1 aromatic carbocycles. The van der Waals surface area contributed by atoms with Crippen LogP contribution in [0.2, 0.25) is 0 Å². The number of hydrogen-bond donors (Lipinski definition) is 1. The van der Waals surface area contributed by atoms with Crippen LogP contribution in [0.1, 0.15) is 36.5 Å². The Kier molecular flexibility index (Phi) is 4.39. The van der Waals surface area contributed by atoms with E-state index in [0.29, 0.717) is 12.0 Å². The van der Waals surface area contributed by atoms with Gasteiger partial charge in [0.05, 0.1) is 0 Å². The van der Waals surface area contributed by atoms with E-state index in [4.69, 9.17) is 10.2 Å². The van der Waals surface area contributed by atoms with Gasteiger partial charge in [0.2, 0.25) is 0 Å². The SMILES string of the molecule is CC(N)Cc1cc2cc3c4c(c2oc1=O)CCCN4CCC3.Cl. The third kappa shape index (κ3) is 2.74. The first-order valence-electron chi connectivity index (χ1n) is 8.25. The molecule has 0 saturated carbocycles. The summed E-state index contributed by atoms with van der Waals surface area (Å²) in [5.74, 6) is 0. The highest BCUT2D eigenvalue weighted by Crippen LogP contribution is 2.39. The van der Waals surface area contributed by atoms with Gasteiger partial charge in [0, 0.05) is 41.3 Å². The molecule has 0 spiro atoms. The lowest BCUT2D eigenvalue weighted by Crippen LogP contribution is -2.34. The van der Waals surface area contributed by atoms with E-state index >= 15 is 0 Å². The number of benzene rings is 1. The lowest BCUT2D eigenvalue weighted by molar-refractivity contribution is 0.535. The molecule has 0 radical (unpaired) electrons. The van der Waals surface area contributed by atoms with E-state index in [0.717, 1.165) is 43.3 Å². The van der Waals surface area contributed by atoms with E-state index in [1.807, 2.05) is 13.0 Å². The van der Waals surface area contributed by atoms with Crippen LogP contribution in [0.4, 0.5) is 5.69 Å². The van der Waals surface area contributed by atoms with Crippen LogP contribution in [0.25, 0.3) is 11.0 Å². The van der Waals surface area contributed by atoms with Crippen molar-refractivity contribution in [3.63, 3.8) is 0 Å². The number of halogens is 1. The Balaban J connectivity index is 0.00000156. The first-order valence-corrected chi connectivity index (χ1v) is 8.25. The average Bonchev–Trinajstić information content (AvgIpc) is 2.49. The second-order valence-corrected chi connectivity index (χ2v) is 6.72. The minimum Gasteiger partial charge on any atom is -0.422 e. The monoisotopic (exact) mass is 334 g/mol. The normalized spacial score (nSPS) is 17.6. The largest absolute Gasteiger partial charge is 0.422 e. The van der Waals surface area contributed by atoms with Crippen molar-refractivity contribution in [2.45, 2.75) is 45.1 Å². The van der Waals surface area contributed by atoms with Crippen LogP contribution < -0.4 is 16.3 Å². The molecule has 2 aliphatic rings. The molecule has 1 unspecified atom stereocenters. The maximum atomic E-state index is 12.3. The molecule has 1 atom stereocenters. The van der Waals surface area contributed by atoms with Gasteiger partial charge in [0.15, 0.2) is 0 Å². The van der Waals surface area contributed by atoms with E-state index in [-0.39, 0.29) is 24.1 Å². The molecule has 0 fully saturated rings. The Morgan fingerprint density at radius 1 is 1.26 bits per heavy atom. The van der Waals surface area contributed by atoms with Crippen LogP contribution in [0.15, 0.2) is 21.3 Å². The number of hydrogen-bond acceptors (Lipinski definition) is 4. The van der Waals surface area contributed by atoms with E-state index < -0.39 is 0 Å². The Labute approximate surface area is 142 Å². The fourth-order valence-electron chi connectivity index (χ4n) is 3.98. The Morgan fingerprint density at radius 3 is 2.74 bits per heavy atom. The van der Waals surface area contributed by atoms with Gasteiger partial charge in [0.25, 0.3) is 0 Å². The van der Waals surface area contributed by atoms with Crippen LogP contribution >= 0.6 is 12.4 Å². The number of rotatable bonds is 2. The van der Waals surface area contributed by atoms with Gasteiger partial charge >= 0.3 is 5.63 Å². The topological polar surface area (TPSA) is 59.5 Å². The molecule has 5 heteroatoms. The smallest absolute Gasteiger partial charge is 0.339 e. The van der Waals surface area contributed by atoms with E-state index in [1.54, 1.807) is 0 Å². The van der Waals surface area contributed by atoms with Gasteiger partial charge in [-0.1, -0.05) is 0 Å². The van der Waals surface area contributed by atoms with Crippen molar-refractivity contribution in [1.82, 2.24) is 0 Å². The number of aryl methyl sites for hydroxylation is 2. The van der Waals surface area contributed by atoms with Gasteiger partial charge in [-0.25, -0.2) is 4.79 Å². The predicted octanol–water partition coefficient (Wildman–Crippen LogP) is 2.80. The van der Waals surface area contributed by atoms with Gasteiger partial charge in [-0.3, -0.25) is 0 Å². The highest BCUT2D eigenvalue weighted by atomic mass is 35.5. The molecule has 0 saturated heterocycles. The van der Waals surface area contributed by atoms with Gasteiger partial charge < -0.3 is 15.1 Å². The molecule has 3 heterocycles. The molecule has 2 N–H and O–H groups in total. The standard InChI is InChI=1S/C18H22N2O2.ClH/c1-11(19)8-14-10-13-9-12-4-2-6-20-7-3-5-15(16(12)20)17(13)22-18(14)21;/h9-11H,2-8,19H2,1H3;1H. The molecule has 4 nitrogen and oxygen atoms in total. The highest BCUT2D eigenvalue weighted by Gasteiger charge is 2.27. The molecular weight excluding hydrogens is 312 g/mol. The minimum atomic E-state index is -0.228. The van der Waals surface area contributed by atoms with E-state index in [2.05, 4.69) is 11.0 Å². The molecule has 124 valence electrons. The highest BCUT2D eigenvalue weighted by molar-refractivity contribution is 5.88. The third-order valence-corrected chi connectivity index (χ3v) is 4.83. The minimum absolute atomic E-state index is 0. The first-order chi connectivity index (χ1) is 10.6. The first kappa shape index (κ1) is 16.3. The van der Waals surface area contributed by atoms with Gasteiger partial charge in [-0.05, 0) is 56.7 Å². The Bertz CT molecular complexity index is 796. The van der Waals surface area contributed by atoms with Crippen molar-refractivity contribution in [3.05, 3.63) is 39.2 Å². The average molecular weight is 335 g/mol. The number of anilines is 1. The molecule has 23 heavy (non-hydrogen) atoms. The quantitative estimate of drug-likeness (QED) is 0.858. The molecule has 2 aromatic rings.